The van der Waals surface area contributed by atoms with Gasteiger partial charge >= 0.3 is 0 Å². The van der Waals surface area contributed by atoms with Crippen LogP contribution >= 0.6 is 0 Å². The number of rotatable bonds is 2. The summed E-state index contributed by atoms with van der Waals surface area (Å²) in [4.78, 5) is 0. The summed E-state index contributed by atoms with van der Waals surface area (Å²) in [6, 6.07) is 0.533. The summed E-state index contributed by atoms with van der Waals surface area (Å²) < 4.78 is 0. The highest BCUT2D eigenvalue weighted by Crippen LogP contribution is 2.27. The van der Waals surface area contributed by atoms with Crippen LogP contribution in [0, 0.1) is 0 Å². The minimum Gasteiger partial charge on any atom is -0.325 e. The van der Waals surface area contributed by atoms with Crippen LogP contribution in [-0.2, 0) is 0 Å². The van der Waals surface area contributed by atoms with Crippen LogP contribution in [0.1, 0.15) is 39.5 Å². The van der Waals surface area contributed by atoms with Crippen LogP contribution in [0.15, 0.2) is 11.3 Å². The molecule has 1 unspecified atom stereocenters. The number of hydrogen-bond donors (Lipinski definition) is 3. The Morgan fingerprint density at radius 2 is 2.00 bits per heavy atom. The van der Waals surface area contributed by atoms with Crippen molar-refractivity contribution in [1.82, 2.24) is 16.2 Å². The van der Waals surface area contributed by atoms with Crippen LogP contribution in [0.3, 0.4) is 0 Å². The number of likely N-dealkylation sites (N-methyl/N-ethyl adjacent to an activating group) is 1. The molecule has 0 aromatic heterocycles. The maximum Gasteiger partial charge on any atom is 0.0614 e. The van der Waals surface area contributed by atoms with E-state index < -0.39 is 0 Å². The van der Waals surface area contributed by atoms with E-state index >= 15 is 0 Å². The lowest BCUT2D eigenvalue weighted by atomic mass is 9.93. The molecule has 0 saturated heterocycles. The molecule has 14 heavy (non-hydrogen) atoms. The predicted octanol–water partition coefficient (Wildman–Crippen LogP) is 1.54. The minimum absolute atomic E-state index is 0.533. The van der Waals surface area contributed by atoms with Gasteiger partial charge in [0.25, 0.3) is 0 Å². The fraction of sp³-hybridized carbons (Fsp3) is 0.818. The van der Waals surface area contributed by atoms with Gasteiger partial charge in [0.05, 0.1) is 6.04 Å². The molecule has 1 aliphatic heterocycles. The van der Waals surface area contributed by atoms with E-state index in [9.17, 15) is 0 Å². The van der Waals surface area contributed by atoms with Crippen molar-refractivity contribution in [3.05, 3.63) is 11.3 Å². The van der Waals surface area contributed by atoms with E-state index in [0.717, 1.165) is 6.54 Å². The quantitative estimate of drug-likeness (QED) is 0.628. The first-order chi connectivity index (χ1) is 6.92. The van der Waals surface area contributed by atoms with Gasteiger partial charge in [0.15, 0.2) is 0 Å². The Morgan fingerprint density at radius 1 is 1.29 bits per heavy atom. The number of hydrogen-bond acceptors (Lipinski definition) is 3. The third-order valence-electron chi connectivity index (χ3n) is 2.74. The molecule has 0 amide bonds. The molecular weight excluding hydrogens is 174 g/mol. The zero-order chi connectivity index (χ0) is 10.4. The van der Waals surface area contributed by atoms with Gasteiger partial charge in [0.2, 0.25) is 0 Å². The second-order valence-electron chi connectivity index (χ2n) is 3.59. The van der Waals surface area contributed by atoms with Gasteiger partial charge in [-0.05, 0) is 38.3 Å². The molecule has 2 aliphatic rings. The maximum absolute atomic E-state index is 3.31. The van der Waals surface area contributed by atoms with Crippen LogP contribution in [0.2, 0.25) is 0 Å². The smallest absolute Gasteiger partial charge is 0.0614 e. The van der Waals surface area contributed by atoms with Crippen molar-refractivity contribution in [2.75, 3.05) is 13.6 Å². The average Bonchev–Trinajstić information content (AvgIpc) is 2.66. The van der Waals surface area contributed by atoms with Crippen molar-refractivity contribution in [3.8, 4) is 0 Å². The lowest BCUT2D eigenvalue weighted by Crippen LogP contribution is -2.39. The Bertz CT molecular complexity index is 199. The van der Waals surface area contributed by atoms with Gasteiger partial charge in [-0.3, -0.25) is 0 Å². The minimum atomic E-state index is 0.533. The van der Waals surface area contributed by atoms with Gasteiger partial charge < -0.3 is 10.7 Å². The van der Waals surface area contributed by atoms with Gasteiger partial charge in [-0.1, -0.05) is 13.8 Å². The summed E-state index contributed by atoms with van der Waals surface area (Å²) in [6.45, 7) is 5.03. The van der Waals surface area contributed by atoms with Crippen molar-refractivity contribution in [1.29, 1.82) is 0 Å². The first-order valence-corrected chi connectivity index (χ1v) is 5.80. The monoisotopic (exact) mass is 197 g/mol. The number of allylic oxidation sites excluding steroid dienone is 1. The highest BCUT2D eigenvalue weighted by molar-refractivity contribution is 5.25. The second kappa shape index (κ2) is 6.04. The lowest BCUT2D eigenvalue weighted by Gasteiger charge is -2.16. The van der Waals surface area contributed by atoms with E-state index in [2.05, 4.69) is 16.2 Å². The van der Waals surface area contributed by atoms with Crippen molar-refractivity contribution in [2.24, 2.45) is 0 Å². The fourth-order valence-corrected chi connectivity index (χ4v) is 2.10. The van der Waals surface area contributed by atoms with E-state index in [1.807, 2.05) is 20.9 Å². The zero-order valence-corrected chi connectivity index (χ0v) is 9.61. The standard InChI is InChI=1S/C9H17N3.C2H6/c1-10-6-9-7-4-2-3-5-8(7)11-12-9;1-2/h9-12H,2-6H2,1H3;1-2H3. The molecule has 3 heteroatoms. The van der Waals surface area contributed by atoms with Crippen molar-refractivity contribution in [2.45, 2.75) is 45.6 Å². The van der Waals surface area contributed by atoms with E-state index in [1.165, 1.54) is 31.4 Å². The third-order valence-corrected chi connectivity index (χ3v) is 2.74. The molecule has 0 bridgehead atoms. The molecule has 0 aromatic rings. The molecule has 82 valence electrons. The Morgan fingerprint density at radius 3 is 2.71 bits per heavy atom. The molecule has 0 aromatic carbocycles. The molecule has 1 heterocycles. The molecule has 0 spiro atoms. The lowest BCUT2D eigenvalue weighted by molar-refractivity contribution is 0.535. The summed E-state index contributed by atoms with van der Waals surface area (Å²) in [5.41, 5.74) is 9.66. The summed E-state index contributed by atoms with van der Waals surface area (Å²) >= 11 is 0. The molecule has 1 atom stereocenters. The Kier molecular flexibility index (Phi) is 4.98. The highest BCUT2D eigenvalue weighted by Gasteiger charge is 2.25. The van der Waals surface area contributed by atoms with Gasteiger partial charge in [-0.2, -0.15) is 0 Å². The highest BCUT2D eigenvalue weighted by atomic mass is 15.4. The summed E-state index contributed by atoms with van der Waals surface area (Å²) in [5, 5.41) is 3.21. The predicted molar refractivity (Wildman–Crippen MR) is 60.8 cm³/mol. The normalized spacial score (nSPS) is 24.9. The maximum atomic E-state index is 3.31. The number of hydrazine groups is 1. The van der Waals surface area contributed by atoms with Crippen LogP contribution in [0.5, 0.6) is 0 Å². The van der Waals surface area contributed by atoms with Crippen LogP contribution in [-0.4, -0.2) is 19.6 Å². The van der Waals surface area contributed by atoms with Crippen LogP contribution < -0.4 is 16.2 Å². The SMILES string of the molecule is CC.CNCC1NNC2=C1CCCC2. The van der Waals surface area contributed by atoms with Gasteiger partial charge in [0.1, 0.15) is 0 Å². The molecule has 0 radical (unpaired) electrons. The number of nitrogens with one attached hydrogen (secondary N) is 3. The van der Waals surface area contributed by atoms with E-state index in [4.69, 9.17) is 0 Å². The molecule has 3 N–H and O–H groups in total. The zero-order valence-electron chi connectivity index (χ0n) is 9.61. The largest absolute Gasteiger partial charge is 0.325 e. The molecule has 0 saturated carbocycles. The summed E-state index contributed by atoms with van der Waals surface area (Å²) in [5.74, 6) is 0. The van der Waals surface area contributed by atoms with Crippen molar-refractivity contribution >= 4 is 0 Å². The Balaban J connectivity index is 0.000000461. The van der Waals surface area contributed by atoms with Crippen LogP contribution in [0.4, 0.5) is 0 Å². The Labute approximate surface area is 87.3 Å². The second-order valence-corrected chi connectivity index (χ2v) is 3.59. The molecule has 1 aliphatic carbocycles. The molecule has 3 nitrogen and oxygen atoms in total. The average molecular weight is 197 g/mol. The first kappa shape index (κ1) is 11.5. The summed E-state index contributed by atoms with van der Waals surface area (Å²) in [7, 11) is 2.00. The molecule has 2 rings (SSSR count). The van der Waals surface area contributed by atoms with Gasteiger partial charge in [0, 0.05) is 12.2 Å². The van der Waals surface area contributed by atoms with Crippen molar-refractivity contribution in [3.63, 3.8) is 0 Å². The van der Waals surface area contributed by atoms with E-state index in [0.29, 0.717) is 6.04 Å². The van der Waals surface area contributed by atoms with Crippen molar-refractivity contribution < 1.29 is 0 Å². The topological polar surface area (TPSA) is 36.1 Å². The van der Waals surface area contributed by atoms with Gasteiger partial charge in [-0.25, -0.2) is 5.43 Å². The molecular formula is C11H23N3. The molecule has 0 fully saturated rings. The van der Waals surface area contributed by atoms with Gasteiger partial charge in [-0.15, -0.1) is 0 Å². The van der Waals surface area contributed by atoms with Crippen LogP contribution in [0.25, 0.3) is 0 Å². The van der Waals surface area contributed by atoms with E-state index in [-0.39, 0.29) is 0 Å². The summed E-state index contributed by atoms with van der Waals surface area (Å²) in [6.07, 6.45) is 5.23. The third kappa shape index (κ3) is 2.49. The fourth-order valence-electron chi connectivity index (χ4n) is 2.10. The first-order valence-electron chi connectivity index (χ1n) is 5.80. The Hall–Kier alpha value is -0.540. The van der Waals surface area contributed by atoms with E-state index in [1.54, 1.807) is 5.57 Å².